The van der Waals surface area contributed by atoms with Crippen LogP contribution in [-0.2, 0) is 6.42 Å². The summed E-state index contributed by atoms with van der Waals surface area (Å²) in [6.07, 6.45) is 4.56. The van der Waals surface area contributed by atoms with Crippen molar-refractivity contribution in [2.45, 2.75) is 51.5 Å². The molecule has 4 nitrogen and oxygen atoms in total. The van der Waals surface area contributed by atoms with Gasteiger partial charge in [0.2, 0.25) is 0 Å². The highest BCUT2D eigenvalue weighted by Gasteiger charge is 2.20. The first kappa shape index (κ1) is 19.1. The second kappa shape index (κ2) is 9.22. The number of aryl methyl sites for hydroxylation is 1. The Morgan fingerprint density at radius 2 is 2.27 bits per heavy atom. The van der Waals surface area contributed by atoms with E-state index in [1.807, 2.05) is 6.07 Å². The van der Waals surface area contributed by atoms with Crippen LogP contribution in [0.5, 0.6) is 5.75 Å². The van der Waals surface area contributed by atoms with E-state index in [9.17, 15) is 0 Å². The highest BCUT2D eigenvalue weighted by molar-refractivity contribution is 14.0. The van der Waals surface area contributed by atoms with Crippen LogP contribution in [0.2, 0.25) is 0 Å². The number of hydrogen-bond donors (Lipinski definition) is 2. The Bertz CT molecular complexity index is 505. The number of nitrogens with two attached hydrogens (primary N) is 1. The minimum atomic E-state index is 0. The summed E-state index contributed by atoms with van der Waals surface area (Å²) < 4.78 is 5.31. The van der Waals surface area contributed by atoms with Gasteiger partial charge in [0.1, 0.15) is 5.75 Å². The monoisotopic (exact) mass is 417 g/mol. The van der Waals surface area contributed by atoms with Gasteiger partial charge in [-0.2, -0.15) is 0 Å². The molecular formula is C17H28IN3O. The molecule has 0 saturated heterocycles. The fourth-order valence-corrected chi connectivity index (χ4v) is 2.82. The van der Waals surface area contributed by atoms with Gasteiger partial charge in [0.25, 0.3) is 0 Å². The van der Waals surface area contributed by atoms with Crippen molar-refractivity contribution < 1.29 is 4.74 Å². The van der Waals surface area contributed by atoms with Gasteiger partial charge in [-0.15, -0.1) is 24.0 Å². The molecule has 0 heterocycles. The van der Waals surface area contributed by atoms with Gasteiger partial charge in [-0.25, -0.2) is 0 Å². The molecule has 0 aliphatic heterocycles. The van der Waals surface area contributed by atoms with Gasteiger partial charge in [-0.3, -0.25) is 4.99 Å². The van der Waals surface area contributed by atoms with Gasteiger partial charge in [0, 0.05) is 18.5 Å². The number of fused-ring (bicyclic) bond motifs is 1. The standard InChI is InChI=1S/C17H27N3O.HI/c1-4-12(2)20-17(18)19-11-14-7-5-6-13-10-15(21-3)8-9-16(13)14;/h8-10,12,14H,4-7,11H2,1-3H3,(H3,18,19,20);1H. The number of nitrogens with zero attached hydrogens (tertiary/aromatic N) is 1. The Labute approximate surface area is 150 Å². The van der Waals surface area contributed by atoms with Crippen LogP contribution in [0.4, 0.5) is 0 Å². The van der Waals surface area contributed by atoms with Crippen molar-refractivity contribution in [1.82, 2.24) is 5.32 Å². The first-order valence-electron chi connectivity index (χ1n) is 7.87. The second-order valence-electron chi connectivity index (χ2n) is 5.83. The molecule has 0 spiro atoms. The molecule has 2 atom stereocenters. The lowest BCUT2D eigenvalue weighted by molar-refractivity contribution is 0.413. The van der Waals surface area contributed by atoms with Crippen molar-refractivity contribution in [3.63, 3.8) is 0 Å². The lowest BCUT2D eigenvalue weighted by Crippen LogP contribution is -2.38. The summed E-state index contributed by atoms with van der Waals surface area (Å²) in [5, 5.41) is 3.22. The largest absolute Gasteiger partial charge is 0.497 e. The number of hydrogen-bond acceptors (Lipinski definition) is 2. The highest BCUT2D eigenvalue weighted by atomic mass is 127. The maximum absolute atomic E-state index is 5.95. The van der Waals surface area contributed by atoms with Gasteiger partial charge >= 0.3 is 0 Å². The molecule has 0 bridgehead atoms. The third-order valence-electron chi connectivity index (χ3n) is 4.28. The average molecular weight is 417 g/mol. The summed E-state index contributed by atoms with van der Waals surface area (Å²) in [6.45, 7) is 5.01. The zero-order chi connectivity index (χ0) is 15.2. The van der Waals surface area contributed by atoms with Crippen LogP contribution in [0.3, 0.4) is 0 Å². The molecular weight excluding hydrogens is 389 g/mol. The lowest BCUT2D eigenvalue weighted by Gasteiger charge is -2.25. The molecule has 1 aliphatic carbocycles. The Hall–Kier alpha value is -0.980. The van der Waals surface area contributed by atoms with Gasteiger partial charge in [0.05, 0.1) is 7.11 Å². The van der Waals surface area contributed by atoms with Crippen molar-refractivity contribution in [2.24, 2.45) is 10.7 Å². The molecule has 124 valence electrons. The minimum absolute atomic E-state index is 0. The van der Waals surface area contributed by atoms with Crippen molar-refractivity contribution in [3.05, 3.63) is 29.3 Å². The Balaban J connectivity index is 0.00000242. The SMILES string of the molecule is CCC(C)NC(N)=NCC1CCCc2cc(OC)ccc21.I. The van der Waals surface area contributed by atoms with E-state index in [1.54, 1.807) is 7.11 Å². The molecule has 0 aromatic heterocycles. The number of halogens is 1. The number of rotatable bonds is 5. The van der Waals surface area contributed by atoms with Crippen LogP contribution in [0.25, 0.3) is 0 Å². The summed E-state index contributed by atoms with van der Waals surface area (Å²) in [5.74, 6) is 1.97. The maximum atomic E-state index is 5.95. The topological polar surface area (TPSA) is 59.6 Å². The van der Waals surface area contributed by atoms with E-state index in [0.717, 1.165) is 25.1 Å². The van der Waals surface area contributed by atoms with E-state index in [2.05, 4.69) is 36.3 Å². The van der Waals surface area contributed by atoms with Gasteiger partial charge in [-0.05, 0) is 55.9 Å². The summed E-state index contributed by atoms with van der Waals surface area (Å²) in [7, 11) is 1.72. The molecule has 1 aromatic rings. The summed E-state index contributed by atoms with van der Waals surface area (Å²) in [4.78, 5) is 4.53. The predicted octanol–water partition coefficient (Wildman–Crippen LogP) is 3.44. The van der Waals surface area contributed by atoms with E-state index in [4.69, 9.17) is 10.5 Å². The number of guanidine groups is 1. The molecule has 0 fully saturated rings. The van der Waals surface area contributed by atoms with E-state index in [-0.39, 0.29) is 24.0 Å². The van der Waals surface area contributed by atoms with Crippen LogP contribution < -0.4 is 15.8 Å². The van der Waals surface area contributed by atoms with E-state index in [0.29, 0.717) is 17.9 Å². The normalized spacial score (nSPS) is 18.9. The van der Waals surface area contributed by atoms with Gasteiger partial charge in [-0.1, -0.05) is 13.0 Å². The van der Waals surface area contributed by atoms with Crippen LogP contribution in [0.15, 0.2) is 23.2 Å². The minimum Gasteiger partial charge on any atom is -0.497 e. The molecule has 3 N–H and O–H groups in total. The van der Waals surface area contributed by atoms with Crippen LogP contribution in [-0.4, -0.2) is 25.7 Å². The van der Waals surface area contributed by atoms with Gasteiger partial charge < -0.3 is 15.8 Å². The first-order chi connectivity index (χ1) is 10.1. The zero-order valence-corrected chi connectivity index (χ0v) is 16.1. The number of ether oxygens (including phenoxy) is 1. The summed E-state index contributed by atoms with van der Waals surface area (Å²) >= 11 is 0. The number of methoxy groups -OCH3 is 1. The molecule has 1 aromatic carbocycles. The fourth-order valence-electron chi connectivity index (χ4n) is 2.82. The van der Waals surface area contributed by atoms with E-state index >= 15 is 0 Å². The Morgan fingerprint density at radius 1 is 1.50 bits per heavy atom. The predicted molar refractivity (Wildman–Crippen MR) is 103 cm³/mol. The molecule has 2 rings (SSSR count). The summed E-state index contributed by atoms with van der Waals surface area (Å²) in [6, 6.07) is 6.76. The molecule has 5 heteroatoms. The van der Waals surface area contributed by atoms with Crippen molar-refractivity contribution in [3.8, 4) is 5.75 Å². The Kier molecular flexibility index (Phi) is 8.00. The van der Waals surface area contributed by atoms with Crippen molar-refractivity contribution >= 4 is 29.9 Å². The lowest BCUT2D eigenvalue weighted by atomic mass is 9.83. The molecule has 1 aliphatic rings. The van der Waals surface area contributed by atoms with E-state index in [1.165, 1.54) is 24.0 Å². The third-order valence-corrected chi connectivity index (χ3v) is 4.28. The smallest absolute Gasteiger partial charge is 0.188 e. The average Bonchev–Trinajstić information content (AvgIpc) is 2.51. The zero-order valence-electron chi connectivity index (χ0n) is 13.8. The molecule has 2 unspecified atom stereocenters. The van der Waals surface area contributed by atoms with Crippen molar-refractivity contribution in [2.75, 3.05) is 13.7 Å². The first-order valence-corrected chi connectivity index (χ1v) is 7.87. The fraction of sp³-hybridized carbons (Fsp3) is 0.588. The Morgan fingerprint density at radius 3 is 2.95 bits per heavy atom. The summed E-state index contributed by atoms with van der Waals surface area (Å²) in [5.41, 5.74) is 8.75. The van der Waals surface area contributed by atoms with Gasteiger partial charge in [0.15, 0.2) is 5.96 Å². The number of benzene rings is 1. The molecule has 0 amide bonds. The van der Waals surface area contributed by atoms with Crippen LogP contribution >= 0.6 is 24.0 Å². The van der Waals surface area contributed by atoms with E-state index < -0.39 is 0 Å². The highest BCUT2D eigenvalue weighted by Crippen LogP contribution is 2.33. The third kappa shape index (κ3) is 5.04. The van der Waals surface area contributed by atoms with Crippen LogP contribution in [0, 0.1) is 0 Å². The number of nitrogens with one attached hydrogen (secondary N) is 1. The number of aliphatic imine (C=N–C) groups is 1. The quantitative estimate of drug-likeness (QED) is 0.439. The second-order valence-corrected chi connectivity index (χ2v) is 5.83. The maximum Gasteiger partial charge on any atom is 0.188 e. The molecule has 0 saturated carbocycles. The van der Waals surface area contributed by atoms with Crippen molar-refractivity contribution in [1.29, 1.82) is 0 Å². The molecule has 22 heavy (non-hydrogen) atoms. The molecule has 0 radical (unpaired) electrons. The van der Waals surface area contributed by atoms with Crippen LogP contribution in [0.1, 0.15) is 50.2 Å².